The quantitative estimate of drug-likeness (QED) is 0.504. The Kier molecular flexibility index (Phi) is 4.18. The zero-order valence-corrected chi connectivity index (χ0v) is 10.4. The van der Waals surface area contributed by atoms with Gasteiger partial charge in [0.15, 0.2) is 0 Å². The van der Waals surface area contributed by atoms with Crippen LogP contribution in [0.4, 0.5) is 0 Å². The third kappa shape index (κ3) is 2.74. The predicted octanol–water partition coefficient (Wildman–Crippen LogP) is 1.60. The summed E-state index contributed by atoms with van der Waals surface area (Å²) in [7, 11) is 0. The van der Waals surface area contributed by atoms with Crippen molar-refractivity contribution in [2.45, 2.75) is 52.1 Å². The van der Waals surface area contributed by atoms with E-state index in [1.165, 1.54) is 31.4 Å². The van der Waals surface area contributed by atoms with Gasteiger partial charge in [-0.05, 0) is 38.0 Å². The molecule has 0 aromatic heterocycles. The first-order valence-electron chi connectivity index (χ1n) is 6.58. The van der Waals surface area contributed by atoms with Gasteiger partial charge in [-0.25, -0.2) is 5.43 Å². The molecule has 92 valence electrons. The van der Waals surface area contributed by atoms with Crippen molar-refractivity contribution in [2.24, 2.45) is 16.9 Å². The molecule has 3 N–H and O–H groups in total. The summed E-state index contributed by atoms with van der Waals surface area (Å²) in [4.78, 5) is 0. The lowest BCUT2D eigenvalue weighted by Gasteiger charge is -2.41. The number of nitrogens with one attached hydrogen (secondary N) is 3. The Morgan fingerprint density at radius 1 is 1.38 bits per heavy atom. The molecular formula is C12H24N4. The van der Waals surface area contributed by atoms with Gasteiger partial charge in [0.2, 0.25) is 0 Å². The second kappa shape index (κ2) is 5.64. The van der Waals surface area contributed by atoms with Crippen molar-refractivity contribution in [3.05, 3.63) is 0 Å². The Labute approximate surface area is 98.2 Å². The third-order valence-electron chi connectivity index (χ3n) is 3.92. The fraction of sp³-hybridized carbons (Fsp3) is 0.917. The van der Waals surface area contributed by atoms with Gasteiger partial charge < -0.3 is 0 Å². The van der Waals surface area contributed by atoms with Gasteiger partial charge in [-0.15, -0.1) is 0 Å². The maximum absolute atomic E-state index is 4.42. The van der Waals surface area contributed by atoms with E-state index in [-0.39, 0.29) is 0 Å². The zero-order valence-electron chi connectivity index (χ0n) is 10.4. The maximum Gasteiger partial charge on any atom is 0.109 e. The van der Waals surface area contributed by atoms with E-state index in [0.29, 0.717) is 6.17 Å². The molecule has 4 heteroatoms. The summed E-state index contributed by atoms with van der Waals surface area (Å²) in [6.07, 6.45) is 6.79. The van der Waals surface area contributed by atoms with Crippen molar-refractivity contribution < 1.29 is 0 Å². The zero-order chi connectivity index (χ0) is 11.4. The highest BCUT2D eigenvalue weighted by Gasteiger charge is 2.34. The van der Waals surface area contributed by atoms with Gasteiger partial charge in [0.1, 0.15) is 6.17 Å². The minimum Gasteiger partial charge on any atom is -0.291 e. The van der Waals surface area contributed by atoms with Crippen LogP contribution in [0.3, 0.4) is 0 Å². The van der Waals surface area contributed by atoms with Gasteiger partial charge in [0, 0.05) is 12.3 Å². The van der Waals surface area contributed by atoms with Crippen LogP contribution in [0.15, 0.2) is 5.10 Å². The molecule has 1 aliphatic carbocycles. The molecule has 2 rings (SSSR count). The number of fused-ring (bicyclic) bond motifs is 1. The maximum atomic E-state index is 4.42. The summed E-state index contributed by atoms with van der Waals surface area (Å²) >= 11 is 0. The van der Waals surface area contributed by atoms with Crippen LogP contribution in [0, 0.1) is 11.8 Å². The minimum absolute atomic E-state index is 0.306. The van der Waals surface area contributed by atoms with Crippen molar-refractivity contribution in [2.75, 3.05) is 6.54 Å². The topological polar surface area (TPSA) is 48.5 Å². The summed E-state index contributed by atoms with van der Waals surface area (Å²) in [6, 6.07) is 0. The lowest BCUT2D eigenvalue weighted by atomic mass is 9.77. The number of hydrogen-bond acceptors (Lipinski definition) is 4. The average Bonchev–Trinajstić information content (AvgIpc) is 2.35. The van der Waals surface area contributed by atoms with E-state index in [1.54, 1.807) is 0 Å². The molecule has 1 saturated heterocycles. The monoisotopic (exact) mass is 224 g/mol. The Bertz CT molecular complexity index is 249. The van der Waals surface area contributed by atoms with E-state index in [2.05, 4.69) is 35.2 Å². The number of rotatable bonds is 3. The molecule has 0 bridgehead atoms. The Balaban J connectivity index is 1.92. The highest BCUT2D eigenvalue weighted by Crippen LogP contribution is 2.32. The Morgan fingerprint density at radius 3 is 3.00 bits per heavy atom. The molecule has 16 heavy (non-hydrogen) atoms. The minimum atomic E-state index is 0.306. The van der Waals surface area contributed by atoms with Crippen LogP contribution in [-0.4, -0.2) is 18.4 Å². The molecule has 3 unspecified atom stereocenters. The molecule has 0 radical (unpaired) electrons. The Hall–Kier alpha value is -0.610. The molecule has 0 spiro atoms. The molecule has 2 aliphatic rings. The number of nitrogens with zero attached hydrogens (tertiary/aromatic N) is 1. The van der Waals surface area contributed by atoms with Crippen LogP contribution in [0.2, 0.25) is 0 Å². The smallest absolute Gasteiger partial charge is 0.109 e. The lowest BCUT2D eigenvalue weighted by Crippen LogP contribution is -2.61. The standard InChI is InChI=1S/C12H24N4/c1-3-9(2)14-16-12-11-7-5-4-6-10(11)8-13-15-12/h10-13,15-16H,3-8H2,1-2H3/b14-9-. The van der Waals surface area contributed by atoms with Crippen molar-refractivity contribution in [3.8, 4) is 0 Å². The molecule has 0 aromatic carbocycles. The van der Waals surface area contributed by atoms with E-state index < -0.39 is 0 Å². The van der Waals surface area contributed by atoms with Crippen LogP contribution >= 0.6 is 0 Å². The summed E-state index contributed by atoms with van der Waals surface area (Å²) < 4.78 is 0. The fourth-order valence-electron chi connectivity index (χ4n) is 2.72. The first-order valence-corrected chi connectivity index (χ1v) is 6.58. The predicted molar refractivity (Wildman–Crippen MR) is 66.9 cm³/mol. The highest BCUT2D eigenvalue weighted by molar-refractivity contribution is 5.81. The van der Waals surface area contributed by atoms with Crippen LogP contribution in [0.25, 0.3) is 0 Å². The van der Waals surface area contributed by atoms with E-state index in [1.807, 2.05) is 0 Å². The summed E-state index contributed by atoms with van der Waals surface area (Å²) in [6.45, 7) is 5.32. The second-order valence-corrected chi connectivity index (χ2v) is 5.04. The molecule has 1 aliphatic heterocycles. The third-order valence-corrected chi connectivity index (χ3v) is 3.92. The summed E-state index contributed by atoms with van der Waals surface area (Å²) in [5, 5.41) is 4.42. The normalized spacial score (nSPS) is 35.6. The van der Waals surface area contributed by atoms with Crippen LogP contribution in [0.1, 0.15) is 46.0 Å². The van der Waals surface area contributed by atoms with Gasteiger partial charge in [-0.2, -0.15) is 5.10 Å². The van der Waals surface area contributed by atoms with Crippen molar-refractivity contribution >= 4 is 5.71 Å². The van der Waals surface area contributed by atoms with Crippen molar-refractivity contribution in [1.82, 2.24) is 16.3 Å². The number of hydrazine groups is 1. The molecule has 2 fully saturated rings. The van der Waals surface area contributed by atoms with Crippen LogP contribution in [-0.2, 0) is 0 Å². The van der Waals surface area contributed by atoms with E-state index >= 15 is 0 Å². The summed E-state index contributed by atoms with van der Waals surface area (Å²) in [5.41, 5.74) is 11.1. The van der Waals surface area contributed by atoms with Crippen LogP contribution < -0.4 is 16.3 Å². The van der Waals surface area contributed by atoms with Crippen LogP contribution in [0.5, 0.6) is 0 Å². The molecule has 4 nitrogen and oxygen atoms in total. The van der Waals surface area contributed by atoms with Crippen molar-refractivity contribution in [1.29, 1.82) is 0 Å². The molecule has 0 aromatic rings. The largest absolute Gasteiger partial charge is 0.291 e. The van der Waals surface area contributed by atoms with Gasteiger partial charge >= 0.3 is 0 Å². The van der Waals surface area contributed by atoms with E-state index in [0.717, 1.165) is 24.8 Å². The van der Waals surface area contributed by atoms with Gasteiger partial charge in [-0.1, -0.05) is 19.8 Å². The summed E-state index contributed by atoms with van der Waals surface area (Å²) in [5.74, 6) is 1.56. The van der Waals surface area contributed by atoms with Gasteiger partial charge in [0.05, 0.1) is 0 Å². The number of hydrogen-bond donors (Lipinski definition) is 3. The van der Waals surface area contributed by atoms with Gasteiger partial charge in [0.25, 0.3) is 0 Å². The van der Waals surface area contributed by atoms with E-state index in [4.69, 9.17) is 0 Å². The first-order chi connectivity index (χ1) is 7.81. The lowest BCUT2D eigenvalue weighted by molar-refractivity contribution is 0.0995. The number of hydrazone groups is 1. The fourth-order valence-corrected chi connectivity index (χ4v) is 2.72. The molecule has 1 saturated carbocycles. The molecule has 1 heterocycles. The molecule has 3 atom stereocenters. The Morgan fingerprint density at radius 2 is 2.19 bits per heavy atom. The van der Waals surface area contributed by atoms with Crippen molar-refractivity contribution in [3.63, 3.8) is 0 Å². The second-order valence-electron chi connectivity index (χ2n) is 5.04. The van der Waals surface area contributed by atoms with Gasteiger partial charge in [-0.3, -0.25) is 10.9 Å². The molecular weight excluding hydrogens is 200 g/mol. The SMILES string of the molecule is CC/C(C)=N\NC1NNCC2CCCCC21. The highest BCUT2D eigenvalue weighted by atomic mass is 15.5. The van der Waals surface area contributed by atoms with E-state index in [9.17, 15) is 0 Å². The first kappa shape index (κ1) is 11.9. The average molecular weight is 224 g/mol. The molecule has 0 amide bonds.